The summed E-state index contributed by atoms with van der Waals surface area (Å²) in [5.74, 6) is -1.51. The molecular weight excluding hydrogens is 290 g/mol. The topological polar surface area (TPSA) is 29.5 Å². The molecule has 0 unspecified atom stereocenters. The van der Waals surface area contributed by atoms with E-state index in [-0.39, 0.29) is 24.9 Å². The number of hydrogen-bond donors (Lipinski definition) is 0. The van der Waals surface area contributed by atoms with Gasteiger partial charge in [-0.25, -0.2) is 4.39 Å². The van der Waals surface area contributed by atoms with E-state index in [4.69, 9.17) is 4.74 Å². The number of halogens is 4. The predicted molar refractivity (Wildman–Crippen MR) is 68.4 cm³/mol. The van der Waals surface area contributed by atoms with Gasteiger partial charge in [0.25, 0.3) is 0 Å². The minimum absolute atomic E-state index is 0.00134. The third kappa shape index (κ3) is 3.86. The van der Waals surface area contributed by atoms with E-state index in [1.165, 1.54) is 4.90 Å². The van der Waals surface area contributed by atoms with Crippen LogP contribution in [0.1, 0.15) is 25.3 Å². The highest BCUT2D eigenvalue weighted by Crippen LogP contribution is 2.36. The van der Waals surface area contributed by atoms with Gasteiger partial charge in [0.05, 0.1) is 17.9 Å². The molecule has 3 nitrogen and oxygen atoms in total. The molecule has 0 radical (unpaired) electrons. The molecule has 0 heterocycles. The van der Waals surface area contributed by atoms with E-state index in [0.29, 0.717) is 6.07 Å². The maximum Gasteiger partial charge on any atom is 0.416 e. The van der Waals surface area contributed by atoms with Gasteiger partial charge in [0.2, 0.25) is 0 Å². The standard InChI is InChI=1S/C14H15F4NO2/c1-2-21-13(20)8-19(10-4-5-10)12-6-3-9(7-11(12)15)14(16,17)18/h3,6-7,10H,2,4-5,8H2,1H3. The summed E-state index contributed by atoms with van der Waals surface area (Å²) < 4.78 is 56.4. The van der Waals surface area contributed by atoms with Crippen molar-refractivity contribution in [2.45, 2.75) is 32.0 Å². The fourth-order valence-electron chi connectivity index (χ4n) is 2.06. The fraction of sp³-hybridized carbons (Fsp3) is 0.500. The number of benzene rings is 1. The molecule has 0 bridgehead atoms. The van der Waals surface area contributed by atoms with Crippen LogP contribution in [0.4, 0.5) is 23.2 Å². The van der Waals surface area contributed by atoms with Crippen molar-refractivity contribution in [1.82, 2.24) is 0 Å². The van der Waals surface area contributed by atoms with E-state index in [1.54, 1.807) is 6.92 Å². The van der Waals surface area contributed by atoms with Gasteiger partial charge < -0.3 is 9.64 Å². The van der Waals surface area contributed by atoms with Crippen molar-refractivity contribution in [3.05, 3.63) is 29.6 Å². The van der Waals surface area contributed by atoms with Crippen molar-refractivity contribution in [2.24, 2.45) is 0 Å². The summed E-state index contributed by atoms with van der Waals surface area (Å²) in [7, 11) is 0. The summed E-state index contributed by atoms with van der Waals surface area (Å²) in [4.78, 5) is 13.0. The minimum Gasteiger partial charge on any atom is -0.465 e. The average Bonchev–Trinajstić information content (AvgIpc) is 3.19. The molecule has 0 saturated heterocycles. The molecule has 1 aromatic carbocycles. The first kappa shape index (κ1) is 15.6. The van der Waals surface area contributed by atoms with Crippen molar-refractivity contribution in [2.75, 3.05) is 18.1 Å². The van der Waals surface area contributed by atoms with Gasteiger partial charge in [-0.15, -0.1) is 0 Å². The molecule has 2 rings (SSSR count). The first-order valence-electron chi connectivity index (χ1n) is 6.62. The van der Waals surface area contributed by atoms with Gasteiger partial charge in [-0.3, -0.25) is 4.79 Å². The number of nitrogens with zero attached hydrogens (tertiary/aromatic N) is 1. The van der Waals surface area contributed by atoms with Crippen LogP contribution < -0.4 is 4.90 Å². The number of anilines is 1. The van der Waals surface area contributed by atoms with Crippen LogP contribution in [0.3, 0.4) is 0 Å². The van der Waals surface area contributed by atoms with Crippen LogP contribution in [-0.4, -0.2) is 25.2 Å². The Morgan fingerprint density at radius 2 is 2.05 bits per heavy atom. The molecular formula is C14H15F4NO2. The average molecular weight is 305 g/mol. The van der Waals surface area contributed by atoms with Crippen LogP contribution >= 0.6 is 0 Å². The number of alkyl halides is 3. The maximum atomic E-state index is 14.0. The summed E-state index contributed by atoms with van der Waals surface area (Å²) in [6, 6.07) is 2.31. The van der Waals surface area contributed by atoms with Crippen LogP contribution in [0.5, 0.6) is 0 Å². The van der Waals surface area contributed by atoms with E-state index in [2.05, 4.69) is 0 Å². The van der Waals surface area contributed by atoms with Crippen LogP contribution in [0.25, 0.3) is 0 Å². The van der Waals surface area contributed by atoms with E-state index >= 15 is 0 Å². The summed E-state index contributed by atoms with van der Waals surface area (Å²) in [5, 5.41) is 0. The first-order chi connectivity index (χ1) is 9.82. The molecule has 1 saturated carbocycles. The number of ether oxygens (including phenoxy) is 1. The summed E-state index contributed by atoms with van der Waals surface area (Å²) in [5.41, 5.74) is -1.05. The Morgan fingerprint density at radius 3 is 2.52 bits per heavy atom. The molecule has 0 atom stereocenters. The highest BCUT2D eigenvalue weighted by atomic mass is 19.4. The third-order valence-corrected chi connectivity index (χ3v) is 3.18. The molecule has 0 spiro atoms. The number of esters is 1. The first-order valence-corrected chi connectivity index (χ1v) is 6.62. The highest BCUT2D eigenvalue weighted by molar-refractivity contribution is 5.76. The molecule has 1 aromatic rings. The lowest BCUT2D eigenvalue weighted by Gasteiger charge is -2.24. The Hall–Kier alpha value is -1.79. The quantitative estimate of drug-likeness (QED) is 0.617. The second-order valence-electron chi connectivity index (χ2n) is 4.83. The number of carbonyl (C=O) groups excluding carboxylic acids is 1. The van der Waals surface area contributed by atoms with Gasteiger partial charge in [-0.2, -0.15) is 13.2 Å². The lowest BCUT2D eigenvalue weighted by Crippen LogP contribution is -2.33. The highest BCUT2D eigenvalue weighted by Gasteiger charge is 2.35. The SMILES string of the molecule is CCOC(=O)CN(c1ccc(C(F)(F)F)cc1F)C1CC1. The van der Waals surface area contributed by atoms with Crippen molar-refractivity contribution >= 4 is 11.7 Å². The van der Waals surface area contributed by atoms with Gasteiger partial charge in [0, 0.05) is 6.04 Å². The molecule has 0 aromatic heterocycles. The molecule has 7 heteroatoms. The van der Waals surface area contributed by atoms with Crippen molar-refractivity contribution in [1.29, 1.82) is 0 Å². The van der Waals surface area contributed by atoms with E-state index < -0.39 is 23.5 Å². The zero-order valence-corrected chi connectivity index (χ0v) is 11.4. The van der Waals surface area contributed by atoms with Crippen LogP contribution in [-0.2, 0) is 15.7 Å². The van der Waals surface area contributed by atoms with Crippen molar-refractivity contribution < 1.29 is 27.1 Å². The normalized spacial score (nSPS) is 14.9. The summed E-state index contributed by atoms with van der Waals surface area (Å²) in [6.07, 6.45) is -3.04. The van der Waals surface area contributed by atoms with Crippen LogP contribution in [0, 0.1) is 5.82 Å². The number of hydrogen-bond acceptors (Lipinski definition) is 3. The molecule has 1 aliphatic rings. The van der Waals surface area contributed by atoms with E-state index in [1.807, 2.05) is 0 Å². The summed E-state index contributed by atoms with van der Waals surface area (Å²) >= 11 is 0. The molecule has 1 aliphatic carbocycles. The lowest BCUT2D eigenvalue weighted by atomic mass is 10.1. The Bertz CT molecular complexity index is 526. The zero-order chi connectivity index (χ0) is 15.6. The molecule has 1 fully saturated rings. The van der Waals surface area contributed by atoms with Gasteiger partial charge >= 0.3 is 12.1 Å². The lowest BCUT2D eigenvalue weighted by molar-refractivity contribution is -0.141. The van der Waals surface area contributed by atoms with Crippen LogP contribution in [0.15, 0.2) is 18.2 Å². The Balaban J connectivity index is 2.23. The van der Waals surface area contributed by atoms with Gasteiger partial charge in [0.1, 0.15) is 12.4 Å². The molecule has 116 valence electrons. The smallest absolute Gasteiger partial charge is 0.416 e. The van der Waals surface area contributed by atoms with E-state index in [0.717, 1.165) is 25.0 Å². The minimum atomic E-state index is -4.59. The monoisotopic (exact) mass is 305 g/mol. The van der Waals surface area contributed by atoms with Crippen LogP contribution in [0.2, 0.25) is 0 Å². The predicted octanol–water partition coefficient (Wildman–Crippen LogP) is 3.38. The number of carbonyl (C=O) groups is 1. The van der Waals surface area contributed by atoms with Gasteiger partial charge in [-0.1, -0.05) is 0 Å². The number of rotatable bonds is 5. The Kier molecular flexibility index (Phi) is 4.39. The van der Waals surface area contributed by atoms with Crippen molar-refractivity contribution in [3.8, 4) is 0 Å². The largest absolute Gasteiger partial charge is 0.465 e. The zero-order valence-electron chi connectivity index (χ0n) is 11.4. The third-order valence-electron chi connectivity index (χ3n) is 3.18. The molecule has 21 heavy (non-hydrogen) atoms. The van der Waals surface area contributed by atoms with Gasteiger partial charge in [0.15, 0.2) is 0 Å². The second kappa shape index (κ2) is 5.91. The maximum absolute atomic E-state index is 14.0. The van der Waals surface area contributed by atoms with Gasteiger partial charge in [-0.05, 0) is 38.0 Å². The Morgan fingerprint density at radius 1 is 1.38 bits per heavy atom. The van der Waals surface area contributed by atoms with Crippen molar-refractivity contribution in [3.63, 3.8) is 0 Å². The Labute approximate surface area is 119 Å². The molecule has 0 amide bonds. The fourth-order valence-corrected chi connectivity index (χ4v) is 2.06. The second-order valence-corrected chi connectivity index (χ2v) is 4.83. The molecule has 0 N–H and O–H groups in total. The summed E-state index contributed by atoms with van der Waals surface area (Å²) in [6.45, 7) is 1.69. The molecule has 0 aliphatic heterocycles. The van der Waals surface area contributed by atoms with E-state index in [9.17, 15) is 22.4 Å².